The van der Waals surface area contributed by atoms with Crippen molar-refractivity contribution >= 4 is 31.7 Å². The number of aryl methyl sites for hydroxylation is 2. The Kier molecular flexibility index (Phi) is 6.66. The third kappa shape index (κ3) is 5.34. The number of aromatic nitrogens is 1. The summed E-state index contributed by atoms with van der Waals surface area (Å²) in [5.41, 5.74) is 2.24. The third-order valence-electron chi connectivity index (χ3n) is 3.62. The van der Waals surface area contributed by atoms with Gasteiger partial charge in [0.05, 0.1) is 4.90 Å². The zero-order valence-corrected chi connectivity index (χ0v) is 16.1. The molecule has 3 rings (SSSR count). The fourth-order valence-electron chi connectivity index (χ4n) is 2.32. The average molecular weight is 380 g/mol. The van der Waals surface area contributed by atoms with Crippen molar-refractivity contribution in [1.29, 1.82) is 0 Å². The summed E-state index contributed by atoms with van der Waals surface area (Å²) in [5.74, 6) is 0. The van der Waals surface area contributed by atoms with Crippen molar-refractivity contribution in [3.05, 3.63) is 59.1 Å². The first-order valence-corrected chi connectivity index (χ1v) is 9.95. The number of hydrogen-bond donors (Lipinski definition) is 0. The highest BCUT2D eigenvalue weighted by Gasteiger charge is 2.15. The number of rotatable bonds is 4. The van der Waals surface area contributed by atoms with E-state index < -0.39 is 10.1 Å². The highest BCUT2D eigenvalue weighted by molar-refractivity contribution is 7.85. The van der Waals surface area contributed by atoms with Crippen LogP contribution < -0.4 is 4.57 Å². The fourth-order valence-corrected chi connectivity index (χ4v) is 3.83. The molecular weight excluding hydrogens is 358 g/mol. The molecule has 0 aliphatic rings. The average Bonchev–Trinajstić information content (AvgIpc) is 2.88. The van der Waals surface area contributed by atoms with Gasteiger partial charge in [0.25, 0.3) is 0 Å². The van der Waals surface area contributed by atoms with Crippen LogP contribution in [0.1, 0.15) is 10.6 Å². The second-order valence-electron chi connectivity index (χ2n) is 5.50. The molecule has 0 radical (unpaired) electrons. The van der Waals surface area contributed by atoms with Gasteiger partial charge < -0.3 is 9.29 Å². The lowest BCUT2D eigenvalue weighted by Crippen LogP contribution is -2.37. The minimum Gasteiger partial charge on any atom is -0.744 e. The first-order chi connectivity index (χ1) is 11.8. The Morgan fingerprint density at radius 1 is 1.08 bits per heavy atom. The smallest absolute Gasteiger partial charge is 0.235 e. The number of thiazole rings is 1. The second kappa shape index (κ2) is 8.53. The molecule has 0 saturated carbocycles. The number of para-hydroxylation sites is 1. The SMILES string of the molecule is COCC[n+]1c(C)sc2ccccc21.Cc1ccc(S(=O)(=O)[O-])cc1. The van der Waals surface area contributed by atoms with E-state index in [-0.39, 0.29) is 4.90 Å². The van der Waals surface area contributed by atoms with Gasteiger partial charge in [-0.25, -0.2) is 8.42 Å². The fraction of sp³-hybridized carbons (Fsp3) is 0.278. The van der Waals surface area contributed by atoms with Gasteiger partial charge in [0.1, 0.15) is 21.4 Å². The standard InChI is InChI=1S/C11H14NOS.C7H8O3S/c1-9-12(7-8-13-2)10-5-3-4-6-11(10)14-9;1-6-2-4-7(5-3-6)11(8,9)10/h3-6H,7-8H2,1-2H3;2-5H,1H3,(H,8,9,10)/q+1;/p-1. The van der Waals surface area contributed by atoms with Crippen LogP contribution >= 0.6 is 11.3 Å². The van der Waals surface area contributed by atoms with Gasteiger partial charge in [-0.1, -0.05) is 41.2 Å². The van der Waals surface area contributed by atoms with Crippen LogP contribution in [0.3, 0.4) is 0 Å². The summed E-state index contributed by atoms with van der Waals surface area (Å²) >= 11 is 1.84. The van der Waals surface area contributed by atoms with E-state index >= 15 is 0 Å². The van der Waals surface area contributed by atoms with Crippen LogP contribution in [0, 0.1) is 13.8 Å². The topological polar surface area (TPSA) is 70.3 Å². The molecule has 25 heavy (non-hydrogen) atoms. The maximum absolute atomic E-state index is 10.4. The van der Waals surface area contributed by atoms with Gasteiger partial charge >= 0.3 is 0 Å². The van der Waals surface area contributed by atoms with Gasteiger partial charge in [0, 0.05) is 20.1 Å². The zero-order chi connectivity index (χ0) is 18.4. The van der Waals surface area contributed by atoms with Crippen LogP contribution in [0.15, 0.2) is 53.4 Å². The van der Waals surface area contributed by atoms with E-state index in [0.29, 0.717) is 0 Å². The Balaban J connectivity index is 0.000000186. The lowest BCUT2D eigenvalue weighted by Gasteiger charge is -2.05. The zero-order valence-electron chi connectivity index (χ0n) is 14.4. The Bertz CT molecular complexity index is 931. The molecule has 1 aromatic heterocycles. The molecule has 1 heterocycles. The molecule has 0 unspecified atom stereocenters. The molecule has 0 aliphatic carbocycles. The van der Waals surface area contributed by atoms with Gasteiger partial charge in [0.2, 0.25) is 10.5 Å². The maximum Gasteiger partial charge on any atom is 0.235 e. The number of methoxy groups -OCH3 is 1. The van der Waals surface area contributed by atoms with Crippen LogP contribution in [0.25, 0.3) is 10.2 Å². The number of fused-ring (bicyclic) bond motifs is 1. The van der Waals surface area contributed by atoms with Crippen molar-refractivity contribution in [3.8, 4) is 0 Å². The maximum atomic E-state index is 10.4. The van der Waals surface area contributed by atoms with Crippen LogP contribution in [0.5, 0.6) is 0 Å². The van der Waals surface area contributed by atoms with Gasteiger partial charge in [-0.15, -0.1) is 0 Å². The van der Waals surface area contributed by atoms with Crippen molar-refractivity contribution in [2.45, 2.75) is 25.3 Å². The largest absolute Gasteiger partial charge is 0.744 e. The summed E-state index contributed by atoms with van der Waals surface area (Å²) < 4.78 is 39.9. The van der Waals surface area contributed by atoms with Gasteiger partial charge in [0.15, 0.2) is 6.54 Å². The van der Waals surface area contributed by atoms with E-state index in [9.17, 15) is 13.0 Å². The van der Waals surface area contributed by atoms with Gasteiger partial charge in [-0.05, 0) is 25.1 Å². The minimum atomic E-state index is -4.27. The number of nitrogens with zero attached hydrogens (tertiary/aromatic N) is 1. The number of ether oxygens (including phenoxy) is 1. The molecule has 0 spiro atoms. The molecule has 0 aliphatic heterocycles. The predicted octanol–water partition coefficient (Wildman–Crippen LogP) is 3.04. The minimum absolute atomic E-state index is 0.178. The molecule has 0 saturated heterocycles. The molecule has 7 heteroatoms. The summed E-state index contributed by atoms with van der Waals surface area (Å²) in [6.07, 6.45) is 0. The molecular formula is C18H21NO4S2. The molecule has 0 amide bonds. The Labute approximate surface area is 152 Å². The van der Waals surface area contributed by atoms with Crippen LogP contribution in [-0.4, -0.2) is 26.7 Å². The monoisotopic (exact) mass is 379 g/mol. The summed E-state index contributed by atoms with van der Waals surface area (Å²) in [5, 5.41) is 1.34. The van der Waals surface area contributed by atoms with E-state index in [1.165, 1.54) is 27.4 Å². The summed E-state index contributed by atoms with van der Waals surface area (Å²) in [7, 11) is -2.53. The van der Waals surface area contributed by atoms with Crippen molar-refractivity contribution in [2.75, 3.05) is 13.7 Å². The van der Waals surface area contributed by atoms with E-state index in [1.54, 1.807) is 19.2 Å². The van der Waals surface area contributed by atoms with E-state index in [0.717, 1.165) is 18.7 Å². The van der Waals surface area contributed by atoms with E-state index in [2.05, 4.69) is 35.8 Å². The highest BCUT2D eigenvalue weighted by Crippen LogP contribution is 2.18. The Morgan fingerprint density at radius 2 is 1.72 bits per heavy atom. The lowest BCUT2D eigenvalue weighted by molar-refractivity contribution is -0.674. The Morgan fingerprint density at radius 3 is 2.32 bits per heavy atom. The van der Waals surface area contributed by atoms with Crippen molar-refractivity contribution in [1.82, 2.24) is 0 Å². The third-order valence-corrected chi connectivity index (χ3v) is 5.55. The predicted molar refractivity (Wildman–Crippen MR) is 97.8 cm³/mol. The molecule has 0 N–H and O–H groups in total. The van der Waals surface area contributed by atoms with E-state index in [4.69, 9.17) is 4.74 Å². The number of benzene rings is 2. The molecule has 3 aromatic rings. The first-order valence-electron chi connectivity index (χ1n) is 7.72. The highest BCUT2D eigenvalue weighted by atomic mass is 32.2. The lowest BCUT2D eigenvalue weighted by atomic mass is 10.2. The van der Waals surface area contributed by atoms with Gasteiger partial charge in [-0.2, -0.15) is 4.57 Å². The first kappa shape index (κ1) is 19.5. The quantitative estimate of drug-likeness (QED) is 0.516. The second-order valence-corrected chi connectivity index (χ2v) is 8.11. The molecule has 2 aromatic carbocycles. The molecule has 5 nitrogen and oxygen atoms in total. The number of hydrogen-bond acceptors (Lipinski definition) is 5. The van der Waals surface area contributed by atoms with Crippen molar-refractivity contribution < 1.29 is 22.3 Å². The van der Waals surface area contributed by atoms with E-state index in [1.807, 2.05) is 18.3 Å². The Hall–Kier alpha value is -1.80. The summed E-state index contributed by atoms with van der Waals surface area (Å²) in [6, 6.07) is 14.3. The normalized spacial score (nSPS) is 11.2. The van der Waals surface area contributed by atoms with Crippen LogP contribution in [-0.2, 0) is 21.4 Å². The van der Waals surface area contributed by atoms with Gasteiger partial charge in [-0.3, -0.25) is 0 Å². The summed E-state index contributed by atoms with van der Waals surface area (Å²) in [4.78, 5) is -0.178. The molecule has 0 bridgehead atoms. The van der Waals surface area contributed by atoms with Crippen molar-refractivity contribution in [2.24, 2.45) is 0 Å². The van der Waals surface area contributed by atoms with Crippen LogP contribution in [0.4, 0.5) is 0 Å². The molecule has 0 atom stereocenters. The summed E-state index contributed by atoms with van der Waals surface area (Å²) in [6.45, 7) is 5.68. The van der Waals surface area contributed by atoms with Crippen molar-refractivity contribution in [3.63, 3.8) is 0 Å². The molecule has 0 fully saturated rings. The molecule has 134 valence electrons. The van der Waals surface area contributed by atoms with Crippen LogP contribution in [0.2, 0.25) is 0 Å².